The highest BCUT2D eigenvalue weighted by Gasteiger charge is 2.38. The highest BCUT2D eigenvalue weighted by Crippen LogP contribution is 2.32. The monoisotopic (exact) mass is 534 g/mol. The Morgan fingerprint density at radius 1 is 1.24 bits per heavy atom. The van der Waals surface area contributed by atoms with Gasteiger partial charge in [0.25, 0.3) is 11.8 Å². The predicted octanol–water partition coefficient (Wildman–Crippen LogP) is 2.08. The molecule has 1 fully saturated rings. The minimum atomic E-state index is -4.16. The van der Waals surface area contributed by atoms with Gasteiger partial charge >= 0.3 is 0 Å². The van der Waals surface area contributed by atoms with Crippen LogP contribution < -0.4 is 5.73 Å². The lowest BCUT2D eigenvalue weighted by molar-refractivity contribution is -0.146. The van der Waals surface area contributed by atoms with Gasteiger partial charge in [0, 0.05) is 42.1 Å². The summed E-state index contributed by atoms with van der Waals surface area (Å²) in [5.41, 5.74) is 6.70. The fourth-order valence-electron chi connectivity index (χ4n) is 3.88. The summed E-state index contributed by atoms with van der Waals surface area (Å²) in [6, 6.07) is 14.5. The second-order valence-corrected chi connectivity index (χ2v) is 10.6. The number of morpholine rings is 1. The number of sulfonamides is 1. The highest BCUT2D eigenvalue weighted by molar-refractivity contribution is 9.10. The fourth-order valence-corrected chi connectivity index (χ4v) is 6.01. The number of carbonyl (C=O) groups excluding carboxylic acids is 2. The first kappa shape index (κ1) is 23.4. The summed E-state index contributed by atoms with van der Waals surface area (Å²) < 4.78 is 34.7. The first-order chi connectivity index (χ1) is 15.7. The van der Waals surface area contributed by atoms with Gasteiger partial charge in [0.2, 0.25) is 10.0 Å². The van der Waals surface area contributed by atoms with Crippen molar-refractivity contribution < 1.29 is 22.7 Å². The number of H-pyrrole nitrogens is 1. The van der Waals surface area contributed by atoms with Crippen LogP contribution in [0.15, 0.2) is 57.9 Å². The number of aromatic nitrogens is 1. The SMILES string of the molecule is CN(Cc1ccccc1)C(=O)C1CN(S(=O)(=O)c2c(C(N)=O)[nH]c3ccc(Br)cc23)CCO1. The molecule has 0 aliphatic carbocycles. The standard InChI is InChI=1S/C22H23BrN4O5S/c1-26(12-14-5-3-2-4-6-14)22(29)18-13-27(9-10-32-18)33(30,31)20-16-11-15(23)7-8-17(16)25-19(20)21(24)28/h2-8,11,18,25H,9-10,12-13H2,1H3,(H2,24,28). The van der Waals surface area contributed by atoms with E-state index in [-0.39, 0.29) is 36.2 Å². The van der Waals surface area contributed by atoms with Gasteiger partial charge in [-0.3, -0.25) is 9.59 Å². The number of likely N-dealkylation sites (N-methyl/N-ethyl adjacent to an activating group) is 1. The molecule has 4 rings (SSSR count). The number of fused-ring (bicyclic) bond motifs is 1. The van der Waals surface area contributed by atoms with Gasteiger partial charge in [0.1, 0.15) is 16.7 Å². The molecule has 2 amide bonds. The fraction of sp³-hybridized carbons (Fsp3) is 0.273. The number of hydrogen-bond donors (Lipinski definition) is 2. The van der Waals surface area contributed by atoms with Gasteiger partial charge in [-0.1, -0.05) is 46.3 Å². The molecule has 1 atom stereocenters. The Kier molecular flexibility index (Phi) is 6.57. The lowest BCUT2D eigenvalue weighted by atomic mass is 10.2. The first-order valence-electron chi connectivity index (χ1n) is 10.2. The van der Waals surface area contributed by atoms with Crippen LogP contribution in [0.25, 0.3) is 10.9 Å². The van der Waals surface area contributed by atoms with E-state index >= 15 is 0 Å². The van der Waals surface area contributed by atoms with Crippen molar-refractivity contribution in [2.24, 2.45) is 5.73 Å². The highest BCUT2D eigenvalue weighted by atomic mass is 79.9. The zero-order valence-electron chi connectivity index (χ0n) is 17.8. The molecule has 1 aliphatic heterocycles. The second-order valence-electron chi connectivity index (χ2n) is 7.79. The molecular formula is C22H23BrN4O5S. The van der Waals surface area contributed by atoms with Gasteiger partial charge in [0.05, 0.1) is 6.61 Å². The van der Waals surface area contributed by atoms with Gasteiger partial charge in [-0.05, 0) is 23.8 Å². The van der Waals surface area contributed by atoms with E-state index < -0.39 is 22.0 Å². The summed E-state index contributed by atoms with van der Waals surface area (Å²) >= 11 is 3.34. The number of hydrogen-bond acceptors (Lipinski definition) is 5. The van der Waals surface area contributed by atoms with Crippen molar-refractivity contribution in [3.63, 3.8) is 0 Å². The molecule has 1 saturated heterocycles. The number of primary amides is 1. The van der Waals surface area contributed by atoms with E-state index in [2.05, 4.69) is 20.9 Å². The molecular weight excluding hydrogens is 512 g/mol. The van der Waals surface area contributed by atoms with Crippen LogP contribution in [0.4, 0.5) is 0 Å². The van der Waals surface area contributed by atoms with Crippen LogP contribution in [0.3, 0.4) is 0 Å². The van der Waals surface area contributed by atoms with E-state index in [1.807, 2.05) is 30.3 Å². The third-order valence-corrected chi connectivity index (χ3v) is 7.95. The Labute approximate surface area is 199 Å². The van der Waals surface area contributed by atoms with Crippen LogP contribution in [0, 0.1) is 0 Å². The number of halogens is 1. The molecule has 3 N–H and O–H groups in total. The van der Waals surface area contributed by atoms with Crippen molar-refractivity contribution >= 4 is 48.7 Å². The van der Waals surface area contributed by atoms with Crippen LogP contribution in [-0.2, 0) is 26.1 Å². The maximum atomic E-state index is 13.6. The molecule has 3 aromatic rings. The zero-order chi connectivity index (χ0) is 23.8. The van der Waals surface area contributed by atoms with Crippen molar-refractivity contribution in [3.8, 4) is 0 Å². The predicted molar refractivity (Wildman–Crippen MR) is 126 cm³/mol. The summed E-state index contributed by atoms with van der Waals surface area (Å²) in [6.45, 7) is 0.300. The topological polar surface area (TPSA) is 126 Å². The number of nitrogens with one attached hydrogen (secondary N) is 1. The third-order valence-electron chi connectivity index (χ3n) is 5.50. The van der Waals surface area contributed by atoms with Crippen LogP contribution >= 0.6 is 15.9 Å². The average molecular weight is 535 g/mol. The van der Waals surface area contributed by atoms with Gasteiger partial charge < -0.3 is 20.4 Å². The normalized spacial score (nSPS) is 17.2. The quantitative estimate of drug-likeness (QED) is 0.500. The zero-order valence-corrected chi connectivity index (χ0v) is 20.2. The molecule has 0 radical (unpaired) electrons. The number of aromatic amines is 1. The maximum absolute atomic E-state index is 13.6. The van der Waals surface area contributed by atoms with E-state index in [0.29, 0.717) is 21.9 Å². The third kappa shape index (κ3) is 4.67. The van der Waals surface area contributed by atoms with Gasteiger partial charge in [0.15, 0.2) is 0 Å². The van der Waals surface area contributed by atoms with E-state index in [1.54, 1.807) is 25.2 Å². The molecule has 2 aromatic carbocycles. The number of carbonyl (C=O) groups is 2. The Balaban J connectivity index is 1.62. The van der Waals surface area contributed by atoms with Gasteiger partial charge in [-0.15, -0.1) is 0 Å². The van der Waals surface area contributed by atoms with Crippen molar-refractivity contribution in [2.75, 3.05) is 26.7 Å². The molecule has 0 bridgehead atoms. The number of rotatable bonds is 6. The summed E-state index contributed by atoms with van der Waals surface area (Å²) in [4.78, 5) is 29.2. The molecule has 2 heterocycles. The van der Waals surface area contributed by atoms with Crippen molar-refractivity contribution in [1.29, 1.82) is 0 Å². The Morgan fingerprint density at radius 2 is 1.97 bits per heavy atom. The second kappa shape index (κ2) is 9.26. The van der Waals surface area contributed by atoms with E-state index in [0.717, 1.165) is 5.56 Å². The number of amides is 2. The lowest BCUT2D eigenvalue weighted by Gasteiger charge is -2.33. The van der Waals surface area contributed by atoms with Crippen LogP contribution in [0.2, 0.25) is 0 Å². The Hall–Kier alpha value is -2.73. The molecule has 1 aliphatic rings. The first-order valence-corrected chi connectivity index (χ1v) is 12.4. The van der Waals surface area contributed by atoms with Crippen LogP contribution in [-0.4, -0.2) is 67.3 Å². The molecule has 1 unspecified atom stereocenters. The number of ether oxygens (including phenoxy) is 1. The number of nitrogens with two attached hydrogens (primary N) is 1. The minimum absolute atomic E-state index is 0.0484. The maximum Gasteiger partial charge on any atom is 0.266 e. The lowest BCUT2D eigenvalue weighted by Crippen LogP contribution is -2.51. The molecule has 174 valence electrons. The van der Waals surface area contributed by atoms with Crippen molar-refractivity contribution in [2.45, 2.75) is 17.5 Å². The van der Waals surface area contributed by atoms with E-state index in [1.165, 1.54) is 9.21 Å². The average Bonchev–Trinajstić information content (AvgIpc) is 3.19. The van der Waals surface area contributed by atoms with E-state index in [9.17, 15) is 18.0 Å². The summed E-state index contributed by atoms with van der Waals surface area (Å²) in [5, 5.41) is 0.341. The van der Waals surface area contributed by atoms with Crippen molar-refractivity contribution in [3.05, 3.63) is 64.3 Å². The van der Waals surface area contributed by atoms with Crippen LogP contribution in [0.5, 0.6) is 0 Å². The smallest absolute Gasteiger partial charge is 0.266 e. The molecule has 0 spiro atoms. The Bertz CT molecular complexity index is 1310. The number of benzene rings is 2. The minimum Gasteiger partial charge on any atom is -0.366 e. The van der Waals surface area contributed by atoms with Gasteiger partial charge in [-0.2, -0.15) is 4.31 Å². The molecule has 1 aromatic heterocycles. The molecule has 0 saturated carbocycles. The van der Waals surface area contributed by atoms with Crippen molar-refractivity contribution in [1.82, 2.24) is 14.2 Å². The summed E-state index contributed by atoms with van der Waals surface area (Å²) in [7, 11) is -2.51. The number of nitrogens with zero attached hydrogens (tertiary/aromatic N) is 2. The molecule has 33 heavy (non-hydrogen) atoms. The molecule has 11 heteroatoms. The Morgan fingerprint density at radius 3 is 2.67 bits per heavy atom. The van der Waals surface area contributed by atoms with Crippen LogP contribution in [0.1, 0.15) is 16.1 Å². The molecule has 9 nitrogen and oxygen atoms in total. The van der Waals surface area contributed by atoms with Gasteiger partial charge in [-0.25, -0.2) is 8.42 Å². The van der Waals surface area contributed by atoms with E-state index in [4.69, 9.17) is 10.5 Å². The largest absolute Gasteiger partial charge is 0.366 e. The summed E-state index contributed by atoms with van der Waals surface area (Å²) in [6.07, 6.45) is -0.962. The summed E-state index contributed by atoms with van der Waals surface area (Å²) in [5.74, 6) is -1.21.